The Labute approximate surface area is 73.3 Å². The molecule has 1 atom stereocenters. The molecule has 70 valence electrons. The molecule has 1 aliphatic rings. The lowest BCUT2D eigenvalue weighted by atomic mass is 9.86. The normalized spacial score (nSPS) is 28.3. The number of carbonyl (C=O) groups is 1. The number of rotatable bonds is 2. The lowest BCUT2D eigenvalue weighted by Crippen LogP contribution is -2.35. The lowest BCUT2D eigenvalue weighted by Gasteiger charge is -2.35. The molecule has 0 aromatic heterocycles. The molecular weight excluding hydrogens is 154 g/mol. The van der Waals surface area contributed by atoms with Crippen molar-refractivity contribution < 1.29 is 9.53 Å². The average molecular weight is 171 g/mol. The standard InChI is InChI=1S/C9H17NO2/c1-9(2)6-7(3-4-12-9)5-8(10)11/h7H,3-6H2,1-2H3,(H2,10,11). The van der Waals surface area contributed by atoms with Crippen LogP contribution in [-0.2, 0) is 9.53 Å². The number of carbonyl (C=O) groups excluding carboxylic acids is 1. The van der Waals surface area contributed by atoms with Crippen LogP contribution in [0.2, 0.25) is 0 Å². The van der Waals surface area contributed by atoms with Gasteiger partial charge in [0.25, 0.3) is 0 Å². The summed E-state index contributed by atoms with van der Waals surface area (Å²) in [7, 11) is 0. The third kappa shape index (κ3) is 2.81. The smallest absolute Gasteiger partial charge is 0.217 e. The predicted octanol–water partition coefficient (Wildman–Crippen LogP) is 1.07. The fourth-order valence-electron chi connectivity index (χ4n) is 1.82. The van der Waals surface area contributed by atoms with E-state index in [1.165, 1.54) is 0 Å². The van der Waals surface area contributed by atoms with Gasteiger partial charge >= 0.3 is 0 Å². The fraction of sp³-hybridized carbons (Fsp3) is 0.889. The Bertz CT molecular complexity index is 177. The highest BCUT2D eigenvalue weighted by Crippen LogP contribution is 2.30. The largest absolute Gasteiger partial charge is 0.376 e. The molecule has 3 nitrogen and oxygen atoms in total. The van der Waals surface area contributed by atoms with Gasteiger partial charge in [0.2, 0.25) is 5.91 Å². The minimum Gasteiger partial charge on any atom is -0.376 e. The number of ether oxygens (including phenoxy) is 1. The van der Waals surface area contributed by atoms with Crippen molar-refractivity contribution in [2.24, 2.45) is 11.7 Å². The summed E-state index contributed by atoms with van der Waals surface area (Å²) in [6, 6.07) is 0. The Morgan fingerprint density at radius 1 is 1.67 bits per heavy atom. The molecule has 0 aliphatic carbocycles. The first-order valence-electron chi connectivity index (χ1n) is 4.42. The molecular formula is C9H17NO2. The van der Waals surface area contributed by atoms with Crippen molar-refractivity contribution in [3.05, 3.63) is 0 Å². The SMILES string of the molecule is CC1(C)CC(CC(N)=O)CCO1. The maximum atomic E-state index is 10.7. The summed E-state index contributed by atoms with van der Waals surface area (Å²) in [6.07, 6.45) is 2.41. The molecule has 0 radical (unpaired) electrons. The summed E-state index contributed by atoms with van der Waals surface area (Å²) in [6.45, 7) is 4.87. The first-order valence-corrected chi connectivity index (χ1v) is 4.42. The minimum atomic E-state index is -0.197. The van der Waals surface area contributed by atoms with Crippen LogP contribution in [0.5, 0.6) is 0 Å². The second kappa shape index (κ2) is 3.44. The number of hydrogen-bond acceptors (Lipinski definition) is 2. The maximum Gasteiger partial charge on any atom is 0.217 e. The highest BCUT2D eigenvalue weighted by Gasteiger charge is 2.29. The highest BCUT2D eigenvalue weighted by molar-refractivity contribution is 5.74. The van der Waals surface area contributed by atoms with Crippen molar-refractivity contribution in [2.45, 2.75) is 38.7 Å². The Kier molecular flexibility index (Phi) is 2.73. The topological polar surface area (TPSA) is 52.3 Å². The number of amides is 1. The number of hydrogen-bond donors (Lipinski definition) is 1. The minimum absolute atomic E-state index is 0.0711. The van der Waals surface area contributed by atoms with Gasteiger partial charge < -0.3 is 10.5 Å². The van der Waals surface area contributed by atoms with Crippen LogP contribution in [0.1, 0.15) is 33.1 Å². The summed E-state index contributed by atoms with van der Waals surface area (Å²) in [5, 5.41) is 0. The van der Waals surface area contributed by atoms with E-state index >= 15 is 0 Å². The van der Waals surface area contributed by atoms with Crippen LogP contribution in [0.4, 0.5) is 0 Å². The Balaban J connectivity index is 2.41. The van der Waals surface area contributed by atoms with Crippen LogP contribution in [0, 0.1) is 5.92 Å². The van der Waals surface area contributed by atoms with Gasteiger partial charge in [-0.3, -0.25) is 4.79 Å². The van der Waals surface area contributed by atoms with E-state index in [9.17, 15) is 4.79 Å². The molecule has 1 amide bonds. The Morgan fingerprint density at radius 3 is 2.83 bits per heavy atom. The van der Waals surface area contributed by atoms with E-state index in [1.54, 1.807) is 0 Å². The summed E-state index contributed by atoms with van der Waals surface area (Å²) in [4.78, 5) is 10.7. The Morgan fingerprint density at radius 2 is 2.33 bits per heavy atom. The molecule has 1 rings (SSSR count). The van der Waals surface area contributed by atoms with Crippen molar-refractivity contribution in [3.63, 3.8) is 0 Å². The van der Waals surface area contributed by atoms with Crippen LogP contribution in [0.3, 0.4) is 0 Å². The van der Waals surface area contributed by atoms with Gasteiger partial charge in [0.15, 0.2) is 0 Å². The maximum absolute atomic E-state index is 10.7. The van der Waals surface area contributed by atoms with Gasteiger partial charge in [-0.2, -0.15) is 0 Å². The quantitative estimate of drug-likeness (QED) is 0.675. The van der Waals surface area contributed by atoms with Crippen molar-refractivity contribution >= 4 is 5.91 Å². The summed E-state index contributed by atoms with van der Waals surface area (Å²) < 4.78 is 5.52. The zero-order chi connectivity index (χ0) is 9.19. The van der Waals surface area contributed by atoms with Gasteiger partial charge in [0.05, 0.1) is 5.60 Å². The van der Waals surface area contributed by atoms with Crippen molar-refractivity contribution in [1.82, 2.24) is 0 Å². The molecule has 12 heavy (non-hydrogen) atoms. The molecule has 0 aromatic rings. The van der Waals surface area contributed by atoms with E-state index < -0.39 is 0 Å². The van der Waals surface area contributed by atoms with Crippen LogP contribution < -0.4 is 5.73 Å². The number of nitrogens with two attached hydrogens (primary N) is 1. The first kappa shape index (κ1) is 9.52. The van der Waals surface area contributed by atoms with Crippen molar-refractivity contribution in [2.75, 3.05) is 6.61 Å². The summed E-state index contributed by atoms with van der Waals surface area (Å²) in [5.74, 6) is 0.226. The molecule has 1 fully saturated rings. The van der Waals surface area contributed by atoms with Crippen molar-refractivity contribution in [3.8, 4) is 0 Å². The number of primary amides is 1. The van der Waals surface area contributed by atoms with E-state index in [-0.39, 0.29) is 11.5 Å². The van der Waals surface area contributed by atoms with Gasteiger partial charge in [0, 0.05) is 13.0 Å². The third-order valence-corrected chi connectivity index (χ3v) is 2.29. The van der Waals surface area contributed by atoms with Gasteiger partial charge in [-0.05, 0) is 32.6 Å². The van der Waals surface area contributed by atoms with Gasteiger partial charge in [-0.1, -0.05) is 0 Å². The summed E-state index contributed by atoms with van der Waals surface area (Å²) in [5.41, 5.74) is 5.06. The molecule has 1 aliphatic heterocycles. The molecule has 1 heterocycles. The lowest BCUT2D eigenvalue weighted by molar-refractivity contribution is -0.121. The first-order chi connectivity index (χ1) is 5.49. The van der Waals surface area contributed by atoms with Crippen LogP contribution >= 0.6 is 0 Å². The third-order valence-electron chi connectivity index (χ3n) is 2.29. The summed E-state index contributed by atoms with van der Waals surface area (Å²) >= 11 is 0. The fourth-order valence-corrected chi connectivity index (χ4v) is 1.82. The van der Waals surface area contributed by atoms with E-state index in [2.05, 4.69) is 13.8 Å². The van der Waals surface area contributed by atoms with E-state index in [0.29, 0.717) is 12.3 Å². The van der Waals surface area contributed by atoms with E-state index in [4.69, 9.17) is 10.5 Å². The molecule has 1 saturated heterocycles. The van der Waals surface area contributed by atoms with Crippen LogP contribution in [-0.4, -0.2) is 18.1 Å². The van der Waals surface area contributed by atoms with Gasteiger partial charge in [0.1, 0.15) is 0 Å². The molecule has 1 unspecified atom stereocenters. The molecule has 0 saturated carbocycles. The van der Waals surface area contributed by atoms with Crippen molar-refractivity contribution in [1.29, 1.82) is 0 Å². The zero-order valence-corrected chi connectivity index (χ0v) is 7.80. The second-order valence-electron chi connectivity index (χ2n) is 4.14. The van der Waals surface area contributed by atoms with Gasteiger partial charge in [-0.25, -0.2) is 0 Å². The second-order valence-corrected chi connectivity index (χ2v) is 4.14. The monoisotopic (exact) mass is 171 g/mol. The average Bonchev–Trinajstić information content (AvgIpc) is 1.82. The molecule has 0 spiro atoms. The zero-order valence-electron chi connectivity index (χ0n) is 7.80. The molecule has 0 bridgehead atoms. The van der Waals surface area contributed by atoms with Gasteiger partial charge in [-0.15, -0.1) is 0 Å². The predicted molar refractivity (Wildman–Crippen MR) is 46.6 cm³/mol. The molecule has 3 heteroatoms. The van der Waals surface area contributed by atoms with Crippen LogP contribution in [0.15, 0.2) is 0 Å². The van der Waals surface area contributed by atoms with E-state index in [1.807, 2.05) is 0 Å². The molecule has 0 aromatic carbocycles. The highest BCUT2D eigenvalue weighted by atomic mass is 16.5. The Hall–Kier alpha value is -0.570. The van der Waals surface area contributed by atoms with E-state index in [0.717, 1.165) is 19.4 Å². The molecule has 2 N–H and O–H groups in total. The van der Waals surface area contributed by atoms with Crippen LogP contribution in [0.25, 0.3) is 0 Å².